The number of nitrogens with zero attached hydrogens (tertiary/aromatic N) is 1. The lowest BCUT2D eigenvalue weighted by Crippen LogP contribution is -2.50. The van der Waals surface area contributed by atoms with Crippen molar-refractivity contribution in [2.24, 2.45) is 0 Å². The predicted octanol–water partition coefficient (Wildman–Crippen LogP) is 1.15. The topological polar surface area (TPSA) is 32.7 Å². The molecule has 0 radical (unpaired) electrons. The van der Waals surface area contributed by atoms with Crippen molar-refractivity contribution in [3.63, 3.8) is 0 Å². The van der Waals surface area contributed by atoms with E-state index in [1.165, 1.54) is 25.9 Å². The molecule has 2 aliphatic heterocycles. The van der Waals surface area contributed by atoms with Gasteiger partial charge in [0.25, 0.3) is 0 Å². The Bertz CT molecular complexity index is 232. The number of rotatable bonds is 1. The van der Waals surface area contributed by atoms with Crippen molar-refractivity contribution >= 4 is 0 Å². The summed E-state index contributed by atoms with van der Waals surface area (Å²) in [5.74, 6) is 0. The van der Waals surface area contributed by atoms with E-state index in [-0.39, 0.29) is 11.7 Å². The first-order valence-electron chi connectivity index (χ1n) is 6.34. The monoisotopic (exact) mass is 211 g/mol. The molecule has 1 N–H and O–H groups in total. The van der Waals surface area contributed by atoms with Gasteiger partial charge in [0.1, 0.15) is 0 Å². The minimum absolute atomic E-state index is 0.0308. The molecular formula is C12H21NO2. The molecule has 3 nitrogen and oxygen atoms in total. The summed E-state index contributed by atoms with van der Waals surface area (Å²) in [6.07, 6.45) is 6.62. The molecule has 0 amide bonds. The zero-order valence-electron chi connectivity index (χ0n) is 9.32. The van der Waals surface area contributed by atoms with E-state index >= 15 is 0 Å². The summed E-state index contributed by atoms with van der Waals surface area (Å²) >= 11 is 0. The summed E-state index contributed by atoms with van der Waals surface area (Å²) in [5.41, 5.74) is 0.0308. The summed E-state index contributed by atoms with van der Waals surface area (Å²) in [6, 6.07) is 0.885. The number of hydrogen-bond donors (Lipinski definition) is 1. The molecule has 1 spiro atoms. The maximum Gasteiger partial charge on any atom is 0.0731 e. The molecule has 0 aromatic heterocycles. The van der Waals surface area contributed by atoms with E-state index < -0.39 is 0 Å². The van der Waals surface area contributed by atoms with Crippen LogP contribution in [0.5, 0.6) is 0 Å². The van der Waals surface area contributed by atoms with E-state index in [1.807, 2.05) is 0 Å². The summed E-state index contributed by atoms with van der Waals surface area (Å²) in [7, 11) is 0. The molecule has 2 saturated heterocycles. The highest BCUT2D eigenvalue weighted by Crippen LogP contribution is 2.38. The molecule has 3 heteroatoms. The molecule has 0 bridgehead atoms. The maximum atomic E-state index is 9.72. The molecule has 2 heterocycles. The van der Waals surface area contributed by atoms with Gasteiger partial charge >= 0.3 is 0 Å². The van der Waals surface area contributed by atoms with Gasteiger partial charge in [-0.3, -0.25) is 0 Å². The van der Waals surface area contributed by atoms with Crippen molar-refractivity contribution in [2.45, 2.75) is 56.3 Å². The van der Waals surface area contributed by atoms with Gasteiger partial charge in [0.05, 0.1) is 11.7 Å². The van der Waals surface area contributed by atoms with Crippen LogP contribution in [-0.2, 0) is 4.74 Å². The average Bonchev–Trinajstić information content (AvgIpc) is 3.02. The Morgan fingerprint density at radius 1 is 1.13 bits per heavy atom. The van der Waals surface area contributed by atoms with Crippen LogP contribution >= 0.6 is 0 Å². The number of piperidine rings is 1. The molecule has 0 aromatic rings. The number of likely N-dealkylation sites (tertiary alicyclic amines) is 1. The van der Waals surface area contributed by atoms with Crippen LogP contribution in [0.25, 0.3) is 0 Å². The fraction of sp³-hybridized carbons (Fsp3) is 1.00. The van der Waals surface area contributed by atoms with Crippen LogP contribution in [0.2, 0.25) is 0 Å². The number of ether oxygens (including phenoxy) is 1. The van der Waals surface area contributed by atoms with E-state index in [4.69, 9.17) is 4.74 Å². The highest BCUT2D eigenvalue weighted by molar-refractivity contribution is 4.95. The van der Waals surface area contributed by atoms with Gasteiger partial charge in [0.2, 0.25) is 0 Å². The lowest BCUT2D eigenvalue weighted by molar-refractivity contribution is -0.143. The van der Waals surface area contributed by atoms with E-state index in [9.17, 15) is 5.11 Å². The normalized spacial score (nSPS) is 37.0. The zero-order valence-corrected chi connectivity index (χ0v) is 9.32. The van der Waals surface area contributed by atoms with Crippen LogP contribution in [0.3, 0.4) is 0 Å². The maximum absolute atomic E-state index is 9.72. The summed E-state index contributed by atoms with van der Waals surface area (Å²) in [5, 5.41) is 9.72. The molecule has 3 rings (SSSR count). The second-order valence-electron chi connectivity index (χ2n) is 5.45. The summed E-state index contributed by atoms with van der Waals surface area (Å²) in [4.78, 5) is 2.61. The Morgan fingerprint density at radius 3 is 2.47 bits per heavy atom. The third kappa shape index (κ3) is 2.05. The van der Waals surface area contributed by atoms with Gasteiger partial charge in [0, 0.05) is 32.2 Å². The van der Waals surface area contributed by atoms with Crippen LogP contribution in [-0.4, -0.2) is 47.4 Å². The van der Waals surface area contributed by atoms with Gasteiger partial charge in [-0.15, -0.1) is 0 Å². The summed E-state index contributed by atoms with van der Waals surface area (Å²) in [6.45, 7) is 3.11. The van der Waals surface area contributed by atoms with Crippen molar-refractivity contribution in [1.82, 2.24) is 4.90 Å². The first-order chi connectivity index (χ1) is 7.27. The third-order valence-electron chi connectivity index (χ3n) is 4.24. The van der Waals surface area contributed by atoms with Gasteiger partial charge < -0.3 is 14.7 Å². The van der Waals surface area contributed by atoms with Crippen LogP contribution in [0.1, 0.15) is 38.5 Å². The number of aliphatic hydroxyl groups is 1. The minimum Gasteiger partial charge on any atom is -0.393 e. The quantitative estimate of drug-likeness (QED) is 0.706. The van der Waals surface area contributed by atoms with Crippen molar-refractivity contribution in [1.29, 1.82) is 0 Å². The van der Waals surface area contributed by atoms with Crippen molar-refractivity contribution in [3.8, 4) is 0 Å². The first kappa shape index (κ1) is 10.1. The Hall–Kier alpha value is -0.120. The van der Waals surface area contributed by atoms with E-state index in [2.05, 4.69) is 4.90 Å². The predicted molar refractivity (Wildman–Crippen MR) is 57.8 cm³/mol. The Balaban J connectivity index is 1.58. The molecule has 1 aliphatic carbocycles. The van der Waals surface area contributed by atoms with Crippen molar-refractivity contribution in [2.75, 3.05) is 19.7 Å². The lowest BCUT2D eigenvalue weighted by atomic mass is 9.83. The third-order valence-corrected chi connectivity index (χ3v) is 4.24. The highest BCUT2D eigenvalue weighted by Gasteiger charge is 2.42. The standard InChI is InChI=1S/C12H21NO2/c14-11-3-8-15-12(9-11)4-6-13(7-5-12)10-1-2-10/h10-11,14H,1-9H2. The van der Waals surface area contributed by atoms with Crippen molar-refractivity contribution in [3.05, 3.63) is 0 Å². The summed E-state index contributed by atoms with van der Waals surface area (Å²) < 4.78 is 5.94. The number of hydrogen-bond acceptors (Lipinski definition) is 3. The molecule has 1 atom stereocenters. The van der Waals surface area contributed by atoms with Crippen LogP contribution < -0.4 is 0 Å². The van der Waals surface area contributed by atoms with Gasteiger partial charge in [-0.05, 0) is 32.1 Å². The Labute approximate surface area is 91.4 Å². The smallest absolute Gasteiger partial charge is 0.0731 e. The molecule has 1 saturated carbocycles. The minimum atomic E-state index is -0.119. The Kier molecular flexibility index (Phi) is 2.49. The van der Waals surface area contributed by atoms with Crippen LogP contribution in [0.4, 0.5) is 0 Å². The zero-order chi connectivity index (χ0) is 10.3. The van der Waals surface area contributed by atoms with E-state index in [1.54, 1.807) is 0 Å². The van der Waals surface area contributed by atoms with E-state index in [0.29, 0.717) is 0 Å². The van der Waals surface area contributed by atoms with Gasteiger partial charge in [-0.25, -0.2) is 0 Å². The van der Waals surface area contributed by atoms with Crippen LogP contribution in [0.15, 0.2) is 0 Å². The average molecular weight is 211 g/mol. The molecule has 86 valence electrons. The molecule has 0 aromatic carbocycles. The highest BCUT2D eigenvalue weighted by atomic mass is 16.5. The lowest BCUT2D eigenvalue weighted by Gasteiger charge is -2.45. The molecule has 3 fully saturated rings. The first-order valence-corrected chi connectivity index (χ1v) is 6.34. The second kappa shape index (κ2) is 3.72. The fourth-order valence-electron chi connectivity index (χ4n) is 3.09. The van der Waals surface area contributed by atoms with E-state index in [0.717, 1.165) is 38.3 Å². The molecule has 1 unspecified atom stereocenters. The molecule has 3 aliphatic rings. The SMILES string of the molecule is OC1CCOC2(CCN(C3CC3)CC2)C1. The molecule has 15 heavy (non-hydrogen) atoms. The second-order valence-corrected chi connectivity index (χ2v) is 5.45. The number of aliphatic hydroxyl groups excluding tert-OH is 1. The van der Waals surface area contributed by atoms with Gasteiger partial charge in [-0.1, -0.05) is 0 Å². The Morgan fingerprint density at radius 2 is 1.87 bits per heavy atom. The van der Waals surface area contributed by atoms with Gasteiger partial charge in [-0.2, -0.15) is 0 Å². The fourth-order valence-corrected chi connectivity index (χ4v) is 3.09. The largest absolute Gasteiger partial charge is 0.393 e. The van der Waals surface area contributed by atoms with Gasteiger partial charge in [0.15, 0.2) is 0 Å². The van der Waals surface area contributed by atoms with Crippen molar-refractivity contribution < 1.29 is 9.84 Å². The molecular weight excluding hydrogens is 190 g/mol. The van der Waals surface area contributed by atoms with Crippen LogP contribution in [0, 0.1) is 0 Å².